The van der Waals surface area contributed by atoms with Crippen LogP contribution in [0.1, 0.15) is 105 Å². The number of esters is 3. The van der Waals surface area contributed by atoms with Gasteiger partial charge in [0.15, 0.2) is 0 Å². The van der Waals surface area contributed by atoms with E-state index in [0.29, 0.717) is 12.8 Å². The Hall–Kier alpha value is -3.77. The van der Waals surface area contributed by atoms with Gasteiger partial charge in [-0.15, -0.1) is 0 Å². The molecule has 242 valence electrons. The molecule has 43 heavy (non-hydrogen) atoms. The molecule has 1 aromatic rings. The van der Waals surface area contributed by atoms with Gasteiger partial charge >= 0.3 is 23.9 Å². The van der Waals surface area contributed by atoms with Crippen molar-refractivity contribution in [1.29, 1.82) is 0 Å². The molecule has 0 fully saturated rings. The van der Waals surface area contributed by atoms with Crippen LogP contribution in [0, 0.1) is 5.95 Å². The van der Waals surface area contributed by atoms with Gasteiger partial charge in [-0.05, 0) is 94.1 Å². The number of pyridine rings is 1. The fraction of sp³-hybridized carbons (Fsp3) is 0.667. The molecule has 1 heterocycles. The Morgan fingerprint density at radius 3 is 1.79 bits per heavy atom. The van der Waals surface area contributed by atoms with E-state index >= 15 is 0 Å². The van der Waals surface area contributed by atoms with Crippen LogP contribution in [-0.4, -0.2) is 70.3 Å². The maximum atomic E-state index is 13.3. The van der Waals surface area contributed by atoms with E-state index in [9.17, 15) is 28.4 Å². The number of carbonyl (C=O) groups excluding carboxylic acids is 5. The topological polar surface area (TPSA) is 162 Å². The fourth-order valence-corrected chi connectivity index (χ4v) is 3.58. The molecule has 0 aliphatic carbocycles. The molecule has 0 aliphatic rings. The smallest absolute Gasteiger partial charge is 0.329 e. The minimum Gasteiger partial charge on any atom is -0.460 e. The van der Waals surface area contributed by atoms with Crippen molar-refractivity contribution in [2.45, 2.75) is 123 Å². The number of carbonyl (C=O) groups is 5. The number of urea groups is 1. The molecule has 13 heteroatoms. The molecular formula is C30H47FN4O8. The number of hydrogen-bond donors (Lipinski definition) is 3. The monoisotopic (exact) mass is 610 g/mol. The number of unbranched alkanes of at least 4 members (excludes halogenated alkanes) is 1. The minimum atomic E-state index is -1.20. The summed E-state index contributed by atoms with van der Waals surface area (Å²) >= 11 is 0. The molecule has 0 spiro atoms. The summed E-state index contributed by atoms with van der Waals surface area (Å²) in [5.74, 6) is -3.21. The lowest BCUT2D eigenvalue weighted by Gasteiger charge is -2.27. The summed E-state index contributed by atoms with van der Waals surface area (Å²) in [6.07, 6.45) is 1.96. The van der Waals surface area contributed by atoms with Gasteiger partial charge in [0.25, 0.3) is 5.91 Å². The molecular weight excluding hydrogens is 563 g/mol. The van der Waals surface area contributed by atoms with Crippen LogP contribution in [0.15, 0.2) is 18.3 Å². The second-order valence-electron chi connectivity index (χ2n) is 13.0. The highest BCUT2D eigenvalue weighted by Gasteiger charge is 2.31. The first-order valence-corrected chi connectivity index (χ1v) is 14.3. The molecule has 0 radical (unpaired) electrons. The second kappa shape index (κ2) is 16.2. The zero-order chi connectivity index (χ0) is 33.0. The standard InChI is InChI=1S/C30H47FN4O8/c1-28(2,3)41-23(36)14-13-21(26(39)43-30(7,8)9)35-27(40)34-20(25(38)42-29(4,5)6)12-10-11-16-33-24(37)19-15-17-32-22(31)18-19/h15,17-18,20-21H,10-14,16H2,1-9H3,(H,33,37)(H2,34,35,40)/t20-,21-/m0/s1. The van der Waals surface area contributed by atoms with Crippen molar-refractivity contribution in [3.8, 4) is 0 Å². The molecule has 0 bridgehead atoms. The summed E-state index contributed by atoms with van der Waals surface area (Å²) < 4.78 is 29.4. The van der Waals surface area contributed by atoms with Crippen molar-refractivity contribution in [2.24, 2.45) is 0 Å². The van der Waals surface area contributed by atoms with Crippen molar-refractivity contribution in [2.75, 3.05) is 6.54 Å². The quantitative estimate of drug-likeness (QED) is 0.130. The van der Waals surface area contributed by atoms with E-state index in [4.69, 9.17) is 14.2 Å². The Morgan fingerprint density at radius 1 is 0.791 bits per heavy atom. The number of nitrogens with one attached hydrogen (secondary N) is 3. The number of ether oxygens (including phenoxy) is 3. The average molecular weight is 611 g/mol. The van der Waals surface area contributed by atoms with Crippen molar-refractivity contribution >= 4 is 29.8 Å². The van der Waals surface area contributed by atoms with Crippen molar-refractivity contribution in [1.82, 2.24) is 20.9 Å². The van der Waals surface area contributed by atoms with E-state index in [-0.39, 0.29) is 31.4 Å². The number of nitrogens with zero attached hydrogens (tertiary/aromatic N) is 1. The Labute approximate surface area is 253 Å². The summed E-state index contributed by atoms with van der Waals surface area (Å²) in [6.45, 7) is 15.5. The van der Waals surface area contributed by atoms with Gasteiger partial charge in [-0.25, -0.2) is 19.4 Å². The maximum Gasteiger partial charge on any atom is 0.329 e. The highest BCUT2D eigenvalue weighted by atomic mass is 19.1. The third kappa shape index (κ3) is 17.1. The summed E-state index contributed by atoms with van der Waals surface area (Å²) in [4.78, 5) is 66.6. The fourth-order valence-electron chi connectivity index (χ4n) is 3.58. The average Bonchev–Trinajstić information content (AvgIpc) is 2.82. The van der Waals surface area contributed by atoms with Gasteiger partial charge in [0.05, 0.1) is 0 Å². The molecule has 0 unspecified atom stereocenters. The van der Waals surface area contributed by atoms with Gasteiger partial charge in [0.1, 0.15) is 28.9 Å². The lowest BCUT2D eigenvalue weighted by atomic mass is 10.1. The predicted molar refractivity (Wildman–Crippen MR) is 156 cm³/mol. The molecule has 3 N–H and O–H groups in total. The third-order valence-corrected chi connectivity index (χ3v) is 5.24. The van der Waals surface area contributed by atoms with Gasteiger partial charge in [-0.2, -0.15) is 4.39 Å². The number of aromatic nitrogens is 1. The Morgan fingerprint density at radius 2 is 1.30 bits per heavy atom. The van der Waals surface area contributed by atoms with Crippen LogP contribution in [0.4, 0.5) is 9.18 Å². The Balaban J connectivity index is 2.86. The molecule has 1 aromatic heterocycles. The Kier molecular flexibility index (Phi) is 14.0. The number of rotatable bonds is 13. The molecule has 0 saturated heterocycles. The van der Waals surface area contributed by atoms with Crippen LogP contribution >= 0.6 is 0 Å². The third-order valence-electron chi connectivity index (χ3n) is 5.24. The predicted octanol–water partition coefficient (Wildman–Crippen LogP) is 3.96. The van der Waals surface area contributed by atoms with Gasteiger partial charge in [0, 0.05) is 30.8 Å². The first kappa shape index (κ1) is 37.3. The largest absolute Gasteiger partial charge is 0.460 e. The van der Waals surface area contributed by atoms with Gasteiger partial charge in [0.2, 0.25) is 5.95 Å². The molecule has 3 amide bonds. The van der Waals surface area contributed by atoms with Gasteiger partial charge in [-0.3, -0.25) is 9.59 Å². The van der Waals surface area contributed by atoms with E-state index in [0.717, 1.165) is 6.07 Å². The Bertz CT molecular complexity index is 1120. The first-order chi connectivity index (χ1) is 19.6. The summed E-state index contributed by atoms with van der Waals surface area (Å²) in [5, 5.41) is 7.74. The second-order valence-corrected chi connectivity index (χ2v) is 13.0. The van der Waals surface area contributed by atoms with Crippen molar-refractivity contribution < 1.29 is 42.6 Å². The van der Waals surface area contributed by atoms with Crippen LogP contribution in [0.2, 0.25) is 0 Å². The first-order valence-electron chi connectivity index (χ1n) is 14.3. The molecule has 1 rings (SSSR count). The van der Waals surface area contributed by atoms with Crippen LogP contribution in [0.3, 0.4) is 0 Å². The van der Waals surface area contributed by atoms with Gasteiger partial charge in [-0.1, -0.05) is 0 Å². The van der Waals surface area contributed by atoms with E-state index in [1.807, 2.05) is 0 Å². The zero-order valence-corrected chi connectivity index (χ0v) is 26.7. The maximum absolute atomic E-state index is 13.3. The molecule has 2 atom stereocenters. The highest BCUT2D eigenvalue weighted by Crippen LogP contribution is 2.15. The van der Waals surface area contributed by atoms with Crippen molar-refractivity contribution in [3.63, 3.8) is 0 Å². The zero-order valence-electron chi connectivity index (χ0n) is 26.7. The number of amides is 3. The SMILES string of the molecule is CC(C)(C)OC(=O)CC[C@H](NC(=O)N[C@@H](CCCCNC(=O)c1ccnc(F)c1)C(=O)OC(C)(C)C)C(=O)OC(C)(C)C. The lowest BCUT2D eigenvalue weighted by Crippen LogP contribution is -2.53. The normalized spacial score (nSPS) is 13.3. The minimum absolute atomic E-state index is 0.0879. The number of hydrogen-bond acceptors (Lipinski definition) is 9. The summed E-state index contributed by atoms with van der Waals surface area (Å²) in [5.41, 5.74) is -2.26. The van der Waals surface area contributed by atoms with Gasteiger partial charge < -0.3 is 30.2 Å². The van der Waals surface area contributed by atoms with Crippen LogP contribution in [-0.2, 0) is 28.6 Å². The summed E-state index contributed by atoms with van der Waals surface area (Å²) in [6, 6.07) is -0.691. The molecule has 0 saturated carbocycles. The van der Waals surface area contributed by atoms with Crippen LogP contribution in [0.5, 0.6) is 0 Å². The van der Waals surface area contributed by atoms with E-state index in [1.54, 1.807) is 62.3 Å². The summed E-state index contributed by atoms with van der Waals surface area (Å²) in [7, 11) is 0. The molecule has 12 nitrogen and oxygen atoms in total. The van der Waals surface area contributed by atoms with Crippen LogP contribution < -0.4 is 16.0 Å². The van der Waals surface area contributed by atoms with E-state index in [2.05, 4.69) is 20.9 Å². The highest BCUT2D eigenvalue weighted by molar-refractivity contribution is 5.94. The number of halogens is 1. The molecule has 0 aliphatic heterocycles. The van der Waals surface area contributed by atoms with Crippen LogP contribution in [0.25, 0.3) is 0 Å². The van der Waals surface area contributed by atoms with Crippen molar-refractivity contribution in [3.05, 3.63) is 29.8 Å². The van der Waals surface area contributed by atoms with E-state index < -0.39 is 64.7 Å². The lowest BCUT2D eigenvalue weighted by molar-refractivity contribution is -0.159. The van der Waals surface area contributed by atoms with E-state index in [1.165, 1.54) is 12.3 Å². The molecule has 0 aromatic carbocycles.